The molecule has 0 atom stereocenters. The van der Waals surface area contributed by atoms with Crippen LogP contribution in [-0.2, 0) is 12.6 Å². The number of nitrogens with zero attached hydrogens (tertiary/aromatic N) is 5. The van der Waals surface area contributed by atoms with Crippen molar-refractivity contribution in [3.05, 3.63) is 144 Å². The zero-order chi connectivity index (χ0) is 29.1. The van der Waals surface area contributed by atoms with Crippen molar-refractivity contribution >= 4 is 23.1 Å². The van der Waals surface area contributed by atoms with Crippen LogP contribution in [0.15, 0.2) is 116 Å². The molecule has 43 heavy (non-hydrogen) atoms. The Morgan fingerprint density at radius 2 is 1.37 bits per heavy atom. The molecule has 0 saturated heterocycles. The fraction of sp³-hybridized carbons (Fsp3) is 0.216. The summed E-state index contributed by atoms with van der Waals surface area (Å²) < 4.78 is 10.7. The highest BCUT2D eigenvalue weighted by Gasteiger charge is 2.41. The number of pyridine rings is 1. The summed E-state index contributed by atoms with van der Waals surface area (Å²) >= 11 is 0. The third-order valence-electron chi connectivity index (χ3n) is 8.47. The van der Waals surface area contributed by atoms with Gasteiger partial charge in [-0.2, -0.15) is 10.2 Å². The number of aryl methyl sites for hydroxylation is 1. The van der Waals surface area contributed by atoms with Crippen LogP contribution in [-0.4, -0.2) is 30.6 Å². The first kappa shape index (κ1) is 26.9. The van der Waals surface area contributed by atoms with E-state index in [0.717, 1.165) is 51.7 Å². The lowest BCUT2D eigenvalue weighted by Gasteiger charge is -2.37. The minimum absolute atomic E-state index is 0.160. The smallest absolute Gasteiger partial charge is 0.225 e. The van der Waals surface area contributed by atoms with Crippen molar-refractivity contribution in [1.29, 1.82) is 0 Å². The third-order valence-corrected chi connectivity index (χ3v) is 8.47. The summed E-state index contributed by atoms with van der Waals surface area (Å²) in [5.41, 5.74) is 5.37. The molecule has 0 radical (unpaired) electrons. The maximum atomic E-state index is 6.69. The van der Waals surface area contributed by atoms with Crippen LogP contribution in [0.1, 0.15) is 60.1 Å². The van der Waals surface area contributed by atoms with E-state index < -0.39 is 5.54 Å². The molecule has 1 aliphatic rings. The molecule has 0 aliphatic heterocycles. The van der Waals surface area contributed by atoms with E-state index in [-0.39, 0.29) is 6.10 Å². The van der Waals surface area contributed by atoms with Crippen LogP contribution in [0, 0.1) is 0 Å². The van der Waals surface area contributed by atoms with Crippen LogP contribution in [0.2, 0.25) is 0 Å². The van der Waals surface area contributed by atoms with Gasteiger partial charge in [-0.15, -0.1) is 0 Å². The molecule has 0 N–H and O–H groups in total. The molecule has 1 aliphatic carbocycles. The van der Waals surface area contributed by atoms with Gasteiger partial charge in [0.25, 0.3) is 0 Å². The first-order valence-corrected chi connectivity index (χ1v) is 15.1. The second kappa shape index (κ2) is 11.7. The van der Waals surface area contributed by atoms with Crippen molar-refractivity contribution in [3.8, 4) is 5.88 Å². The van der Waals surface area contributed by atoms with Crippen molar-refractivity contribution in [3.63, 3.8) is 0 Å². The predicted octanol–water partition coefficient (Wildman–Crippen LogP) is 7.89. The van der Waals surface area contributed by atoms with Gasteiger partial charge in [-0.3, -0.25) is 4.68 Å². The highest BCUT2D eigenvalue weighted by atomic mass is 16.5. The van der Waals surface area contributed by atoms with Crippen LogP contribution in [0.3, 0.4) is 0 Å². The molecule has 3 aromatic heterocycles. The van der Waals surface area contributed by atoms with Gasteiger partial charge in [-0.05, 0) is 60.6 Å². The number of hydrogen-bond donors (Lipinski definition) is 0. The van der Waals surface area contributed by atoms with Gasteiger partial charge >= 0.3 is 0 Å². The minimum atomic E-state index is -0.758. The molecule has 6 aromatic rings. The molecule has 214 valence electrons. The van der Waals surface area contributed by atoms with Crippen molar-refractivity contribution < 1.29 is 4.74 Å². The van der Waals surface area contributed by atoms with E-state index in [2.05, 4.69) is 119 Å². The van der Waals surface area contributed by atoms with Gasteiger partial charge in [0, 0.05) is 25.0 Å². The predicted molar refractivity (Wildman–Crippen MR) is 172 cm³/mol. The summed E-state index contributed by atoms with van der Waals surface area (Å²) in [7, 11) is 1.93. The Bertz CT molecular complexity index is 1740. The van der Waals surface area contributed by atoms with Crippen LogP contribution in [0.4, 0.5) is 0 Å². The molecule has 0 bridgehead atoms. The highest BCUT2D eigenvalue weighted by molar-refractivity contribution is 5.94. The van der Waals surface area contributed by atoms with E-state index in [9.17, 15) is 0 Å². The fourth-order valence-electron chi connectivity index (χ4n) is 6.47. The number of hydrogen-bond acceptors (Lipinski definition) is 4. The van der Waals surface area contributed by atoms with Gasteiger partial charge < -0.3 is 4.74 Å². The summed E-state index contributed by atoms with van der Waals surface area (Å²) in [6.07, 6.45) is 15.7. The van der Waals surface area contributed by atoms with E-state index in [1.54, 1.807) is 4.68 Å². The Balaban J connectivity index is 1.53. The molecule has 6 nitrogen and oxygen atoms in total. The van der Waals surface area contributed by atoms with Crippen molar-refractivity contribution in [2.24, 2.45) is 7.05 Å². The SMILES string of the molecule is Cn1cc(/C=C/c2nn(C(c3ccccc3)(c3ccccc3)c3ccccc3)c3ccnc(OC4CCCCC4)c23)cn1. The van der Waals surface area contributed by atoms with Crippen LogP contribution in [0.5, 0.6) is 5.88 Å². The first-order chi connectivity index (χ1) is 21.2. The van der Waals surface area contributed by atoms with E-state index in [0.29, 0.717) is 5.88 Å². The number of benzene rings is 3. The lowest BCUT2D eigenvalue weighted by atomic mass is 9.77. The summed E-state index contributed by atoms with van der Waals surface area (Å²) in [5.74, 6) is 0.643. The topological polar surface area (TPSA) is 57.8 Å². The number of rotatable bonds is 8. The van der Waals surface area contributed by atoms with Gasteiger partial charge in [0.1, 0.15) is 11.6 Å². The molecule has 1 saturated carbocycles. The lowest BCUT2D eigenvalue weighted by Crippen LogP contribution is -2.38. The average Bonchev–Trinajstić information content (AvgIpc) is 3.66. The Kier molecular flexibility index (Phi) is 7.33. The summed E-state index contributed by atoms with van der Waals surface area (Å²) in [6, 6.07) is 34.0. The van der Waals surface area contributed by atoms with E-state index >= 15 is 0 Å². The Hall–Kier alpha value is -4.97. The Labute approximate surface area is 252 Å². The van der Waals surface area contributed by atoms with Crippen molar-refractivity contribution in [2.75, 3.05) is 0 Å². The summed E-state index contributed by atoms with van der Waals surface area (Å²) in [4.78, 5) is 4.81. The normalized spacial score (nSPS) is 14.4. The molecule has 0 amide bonds. The van der Waals surface area contributed by atoms with E-state index in [1.165, 1.54) is 19.3 Å². The number of fused-ring (bicyclic) bond motifs is 1. The number of aromatic nitrogens is 5. The zero-order valence-electron chi connectivity index (χ0n) is 24.4. The molecule has 0 spiro atoms. The zero-order valence-corrected chi connectivity index (χ0v) is 24.4. The van der Waals surface area contributed by atoms with E-state index in [4.69, 9.17) is 14.8 Å². The summed E-state index contributed by atoms with van der Waals surface area (Å²) in [5, 5.41) is 10.7. The third kappa shape index (κ3) is 5.03. The van der Waals surface area contributed by atoms with Gasteiger partial charge in [0.05, 0.1) is 22.8 Å². The lowest BCUT2D eigenvalue weighted by molar-refractivity contribution is 0.151. The maximum Gasteiger partial charge on any atom is 0.225 e. The minimum Gasteiger partial charge on any atom is -0.474 e. The Morgan fingerprint density at radius 1 is 0.767 bits per heavy atom. The number of ether oxygens (including phenoxy) is 1. The summed E-state index contributed by atoms with van der Waals surface area (Å²) in [6.45, 7) is 0. The van der Waals surface area contributed by atoms with E-state index in [1.807, 2.05) is 25.6 Å². The van der Waals surface area contributed by atoms with Crippen molar-refractivity contribution in [2.45, 2.75) is 43.7 Å². The molecule has 0 unspecified atom stereocenters. The molecule has 1 fully saturated rings. The maximum absolute atomic E-state index is 6.69. The molecular weight excluding hydrogens is 530 g/mol. The molecule has 3 aromatic carbocycles. The second-order valence-electron chi connectivity index (χ2n) is 11.3. The quantitative estimate of drug-likeness (QED) is 0.176. The average molecular weight is 566 g/mol. The molecule has 3 heterocycles. The second-order valence-corrected chi connectivity index (χ2v) is 11.3. The Morgan fingerprint density at radius 3 is 1.93 bits per heavy atom. The largest absolute Gasteiger partial charge is 0.474 e. The van der Waals surface area contributed by atoms with Crippen LogP contribution < -0.4 is 4.74 Å². The van der Waals surface area contributed by atoms with Gasteiger partial charge in [0.15, 0.2) is 0 Å². The van der Waals surface area contributed by atoms with Gasteiger partial charge in [0.2, 0.25) is 5.88 Å². The monoisotopic (exact) mass is 565 g/mol. The van der Waals surface area contributed by atoms with Gasteiger partial charge in [-0.1, -0.05) is 97.4 Å². The molecule has 6 heteroatoms. The standard InChI is InChI=1S/C37H35N5O/c1-41-27-28(26-39-41)22-23-33-35-34(24-25-38-36(35)43-32-20-12-5-13-21-32)42(40-33)37(29-14-6-2-7-15-29,30-16-8-3-9-17-30)31-18-10-4-11-19-31/h2-4,6-11,14-19,22-27,32H,5,12-13,20-21H2,1H3/b23-22+. The van der Waals surface area contributed by atoms with Crippen LogP contribution in [0.25, 0.3) is 23.1 Å². The van der Waals surface area contributed by atoms with Crippen LogP contribution >= 0.6 is 0 Å². The first-order valence-electron chi connectivity index (χ1n) is 15.1. The fourth-order valence-corrected chi connectivity index (χ4v) is 6.47. The van der Waals surface area contributed by atoms with Gasteiger partial charge in [-0.25, -0.2) is 9.67 Å². The molecule has 7 rings (SSSR count). The highest BCUT2D eigenvalue weighted by Crippen LogP contribution is 2.44. The molecular formula is C37H35N5O. The van der Waals surface area contributed by atoms with Crippen molar-refractivity contribution in [1.82, 2.24) is 24.5 Å².